The van der Waals surface area contributed by atoms with Crippen molar-refractivity contribution >= 4 is 17.4 Å². The van der Waals surface area contributed by atoms with Gasteiger partial charge >= 0.3 is 6.18 Å². The monoisotopic (exact) mass is 519 g/mol. The van der Waals surface area contributed by atoms with E-state index in [1.54, 1.807) is 24.5 Å². The Kier molecular flexibility index (Phi) is 5.69. The fraction of sp³-hybridized carbons (Fsp3) is 0.500. The molecule has 0 unspecified atom stereocenters. The average molecular weight is 520 g/mol. The second kappa shape index (κ2) is 8.67. The second-order valence-corrected chi connectivity index (χ2v) is 10.2. The van der Waals surface area contributed by atoms with Crippen LogP contribution in [0.4, 0.5) is 19.0 Å². The van der Waals surface area contributed by atoms with E-state index in [1.165, 1.54) is 4.90 Å². The highest BCUT2D eigenvalue weighted by Gasteiger charge is 2.63. The van der Waals surface area contributed by atoms with Gasteiger partial charge in [0, 0.05) is 36.8 Å². The fourth-order valence-corrected chi connectivity index (χ4v) is 5.58. The van der Waals surface area contributed by atoms with Gasteiger partial charge in [-0.1, -0.05) is 11.6 Å². The van der Waals surface area contributed by atoms with Gasteiger partial charge in [0.15, 0.2) is 11.4 Å². The Labute approximate surface area is 211 Å². The minimum atomic E-state index is -4.44. The molecule has 0 aliphatic carbocycles. The van der Waals surface area contributed by atoms with Crippen LogP contribution in [0.3, 0.4) is 0 Å². The molecule has 1 aromatic carbocycles. The number of halogens is 4. The molecule has 8 nitrogen and oxygen atoms in total. The average Bonchev–Trinajstić information content (AvgIpc) is 3.14. The first-order chi connectivity index (χ1) is 17.2. The largest absolute Gasteiger partial charge is 0.411 e. The van der Waals surface area contributed by atoms with Crippen LogP contribution in [0.1, 0.15) is 41.7 Å². The van der Waals surface area contributed by atoms with E-state index in [0.29, 0.717) is 16.4 Å². The van der Waals surface area contributed by atoms with Crippen molar-refractivity contribution < 1.29 is 17.9 Å². The van der Waals surface area contributed by atoms with E-state index in [9.17, 15) is 13.2 Å². The van der Waals surface area contributed by atoms with Gasteiger partial charge in [-0.15, -0.1) is 10.2 Å². The minimum Gasteiger partial charge on any atom is -0.377 e. The van der Waals surface area contributed by atoms with Crippen LogP contribution < -0.4 is 4.90 Å². The summed E-state index contributed by atoms with van der Waals surface area (Å²) in [6, 6.07) is 5.35. The molecule has 3 aromatic rings. The van der Waals surface area contributed by atoms with Crippen molar-refractivity contribution in [3.05, 3.63) is 58.5 Å². The molecule has 3 aliphatic heterocycles. The van der Waals surface area contributed by atoms with Crippen LogP contribution in [-0.2, 0) is 17.8 Å². The zero-order valence-corrected chi connectivity index (χ0v) is 20.4. The molecule has 0 spiro atoms. The Hall–Kier alpha value is -2.76. The summed E-state index contributed by atoms with van der Waals surface area (Å²) < 4.78 is 49.6. The molecule has 12 heteroatoms. The number of hydrogen-bond acceptors (Lipinski definition) is 7. The summed E-state index contributed by atoms with van der Waals surface area (Å²) in [5.74, 6) is 2.23. The number of rotatable bonds is 3. The highest BCUT2D eigenvalue weighted by Crippen LogP contribution is 2.44. The number of aromatic nitrogens is 5. The number of fused-ring (bicyclic) bond motifs is 3. The van der Waals surface area contributed by atoms with Gasteiger partial charge in [0.05, 0.1) is 37.3 Å². The molecule has 0 amide bonds. The number of ether oxygens (including phenoxy) is 1. The number of benzene rings is 1. The molecule has 0 saturated carbocycles. The zero-order chi connectivity index (χ0) is 25.1. The van der Waals surface area contributed by atoms with Crippen LogP contribution in [0.25, 0.3) is 5.69 Å². The van der Waals surface area contributed by atoms with Gasteiger partial charge in [-0.05, 0) is 43.5 Å². The summed E-state index contributed by atoms with van der Waals surface area (Å²) >= 11 is 6.28. The van der Waals surface area contributed by atoms with Gasteiger partial charge in [-0.3, -0.25) is 14.5 Å². The first-order valence-electron chi connectivity index (χ1n) is 11.9. The molecule has 3 aliphatic rings. The maximum atomic E-state index is 14.2. The van der Waals surface area contributed by atoms with Crippen molar-refractivity contribution in [2.24, 2.45) is 0 Å². The lowest BCUT2D eigenvalue weighted by Gasteiger charge is -2.49. The van der Waals surface area contributed by atoms with Crippen LogP contribution in [-0.4, -0.2) is 67.7 Å². The van der Waals surface area contributed by atoms with Crippen LogP contribution in [0.5, 0.6) is 0 Å². The first-order valence-corrected chi connectivity index (χ1v) is 12.3. The minimum absolute atomic E-state index is 0.0138. The Morgan fingerprint density at radius 2 is 1.86 bits per heavy atom. The molecule has 2 fully saturated rings. The summed E-state index contributed by atoms with van der Waals surface area (Å²) in [6.07, 6.45) is 0.702. The molecule has 0 N–H and O–H groups in total. The molecule has 2 saturated heterocycles. The van der Waals surface area contributed by atoms with Crippen molar-refractivity contribution in [2.75, 3.05) is 31.2 Å². The zero-order valence-electron chi connectivity index (χ0n) is 19.7. The predicted octanol–water partition coefficient (Wildman–Crippen LogP) is 4.05. The summed E-state index contributed by atoms with van der Waals surface area (Å²) in [4.78, 5) is 12.5. The van der Waals surface area contributed by atoms with Crippen molar-refractivity contribution in [2.45, 2.75) is 50.5 Å². The Balaban J connectivity index is 1.33. The number of nitrogens with zero attached hydrogens (tertiary/aromatic N) is 7. The highest BCUT2D eigenvalue weighted by molar-refractivity contribution is 6.30. The van der Waals surface area contributed by atoms with E-state index < -0.39 is 24.9 Å². The summed E-state index contributed by atoms with van der Waals surface area (Å²) in [5, 5.41) is 9.39. The number of piperidine rings is 1. The lowest BCUT2D eigenvalue weighted by molar-refractivity contribution is -0.310. The summed E-state index contributed by atoms with van der Waals surface area (Å²) in [6.45, 7) is 2.78. The van der Waals surface area contributed by atoms with Crippen molar-refractivity contribution in [3.8, 4) is 5.69 Å². The van der Waals surface area contributed by atoms with Crippen molar-refractivity contribution in [1.29, 1.82) is 0 Å². The molecule has 2 aromatic heterocycles. The second-order valence-electron chi connectivity index (χ2n) is 9.74. The van der Waals surface area contributed by atoms with Gasteiger partial charge in [0.25, 0.3) is 0 Å². The molecular weight excluding hydrogens is 495 g/mol. The molecule has 5 heterocycles. The number of hydrogen-bond donors (Lipinski definition) is 0. The normalized spacial score (nSPS) is 20.4. The number of aryl methyl sites for hydroxylation is 1. The lowest BCUT2D eigenvalue weighted by atomic mass is 9.93. The van der Waals surface area contributed by atoms with E-state index in [0.717, 1.165) is 49.0 Å². The van der Waals surface area contributed by atoms with Crippen LogP contribution in [0, 0.1) is 6.92 Å². The Bertz CT molecular complexity index is 1280. The van der Waals surface area contributed by atoms with E-state index in [4.69, 9.17) is 16.3 Å². The summed E-state index contributed by atoms with van der Waals surface area (Å²) in [5.41, 5.74) is 0.311. The van der Waals surface area contributed by atoms with E-state index in [1.807, 2.05) is 17.6 Å². The topological polar surface area (TPSA) is 72.2 Å². The standard InChI is InChI=1S/C24H25ClF3N7O/c1-15-9-29-10-20(30-15)33-6-4-16(5-7-33)22-32-31-21-12-34(23(13-36-14-23)24(26,27)28)11-17-8-18(25)2-3-19(17)35(21)22/h2-3,8-10,16H,4-7,11-14H2,1H3. The fourth-order valence-electron chi connectivity index (χ4n) is 5.38. The first kappa shape index (κ1) is 23.6. The van der Waals surface area contributed by atoms with Gasteiger partial charge in [0.2, 0.25) is 0 Å². The van der Waals surface area contributed by atoms with Crippen molar-refractivity contribution in [1.82, 2.24) is 29.6 Å². The smallest absolute Gasteiger partial charge is 0.377 e. The van der Waals surface area contributed by atoms with Crippen LogP contribution in [0.15, 0.2) is 30.6 Å². The third-order valence-corrected chi connectivity index (χ3v) is 7.71. The SMILES string of the molecule is Cc1cncc(N2CCC(c3nnc4n3-c3ccc(Cl)cc3CN(C3(C(F)(F)F)COC3)C4)CC2)n1. The maximum absolute atomic E-state index is 14.2. The predicted molar refractivity (Wildman–Crippen MR) is 126 cm³/mol. The van der Waals surface area contributed by atoms with Crippen LogP contribution >= 0.6 is 11.6 Å². The third-order valence-electron chi connectivity index (χ3n) is 7.47. The molecule has 36 heavy (non-hydrogen) atoms. The molecule has 0 radical (unpaired) electrons. The lowest BCUT2D eigenvalue weighted by Crippen LogP contribution is -2.69. The molecule has 190 valence electrons. The molecule has 0 atom stereocenters. The van der Waals surface area contributed by atoms with E-state index >= 15 is 0 Å². The van der Waals surface area contributed by atoms with Gasteiger partial charge < -0.3 is 9.64 Å². The molecular formula is C24H25ClF3N7O. The number of alkyl halides is 3. The third kappa shape index (κ3) is 3.84. The van der Waals surface area contributed by atoms with Crippen molar-refractivity contribution in [3.63, 3.8) is 0 Å². The molecule has 6 rings (SSSR count). The maximum Gasteiger partial charge on any atom is 0.411 e. The number of anilines is 1. The van der Waals surface area contributed by atoms with Gasteiger partial charge in [0.1, 0.15) is 11.6 Å². The van der Waals surface area contributed by atoms with E-state index in [2.05, 4.69) is 25.1 Å². The quantitative estimate of drug-likeness (QED) is 0.517. The Morgan fingerprint density at radius 1 is 1.08 bits per heavy atom. The van der Waals surface area contributed by atoms with E-state index in [-0.39, 0.29) is 19.0 Å². The highest BCUT2D eigenvalue weighted by atomic mass is 35.5. The summed E-state index contributed by atoms with van der Waals surface area (Å²) in [7, 11) is 0. The van der Waals surface area contributed by atoms with Gasteiger partial charge in [-0.2, -0.15) is 13.2 Å². The Morgan fingerprint density at radius 3 is 2.53 bits per heavy atom. The van der Waals surface area contributed by atoms with Gasteiger partial charge in [-0.25, -0.2) is 4.98 Å². The van der Waals surface area contributed by atoms with Crippen LogP contribution in [0.2, 0.25) is 5.02 Å². The molecule has 0 bridgehead atoms.